The van der Waals surface area contributed by atoms with Gasteiger partial charge < -0.3 is 14.7 Å². The second-order valence-electron chi connectivity index (χ2n) is 6.11. The summed E-state index contributed by atoms with van der Waals surface area (Å²) in [5, 5.41) is 6.82. The zero-order valence-electron chi connectivity index (χ0n) is 13.8. The minimum absolute atomic E-state index is 0.0576. The quantitative estimate of drug-likeness (QED) is 0.706. The molecule has 0 aromatic carbocycles. The predicted octanol–water partition coefficient (Wildman–Crippen LogP) is 3.73. The maximum Gasteiger partial charge on any atom is 0.317 e. The van der Waals surface area contributed by atoms with E-state index < -0.39 is 0 Å². The summed E-state index contributed by atoms with van der Waals surface area (Å²) in [6.45, 7) is 7.56. The molecule has 2 amide bonds. The Labute approximate surface area is 128 Å². The van der Waals surface area contributed by atoms with Crippen LogP contribution in [0.2, 0.25) is 0 Å². The van der Waals surface area contributed by atoms with Crippen LogP contribution in [0.1, 0.15) is 57.4 Å². The third-order valence-electron chi connectivity index (χ3n) is 3.41. The third kappa shape index (κ3) is 7.73. The molecule has 1 aromatic rings. The number of aryl methyl sites for hydroxylation is 1. The Bertz CT molecular complexity index is 415. The van der Waals surface area contributed by atoms with Crippen LogP contribution in [0.15, 0.2) is 10.6 Å². The van der Waals surface area contributed by atoms with Crippen LogP contribution in [0.5, 0.6) is 0 Å². The summed E-state index contributed by atoms with van der Waals surface area (Å²) < 4.78 is 4.99. The molecule has 1 rings (SSSR count). The minimum atomic E-state index is -0.0576. The maximum absolute atomic E-state index is 11.9. The summed E-state index contributed by atoms with van der Waals surface area (Å²) in [7, 11) is 1.77. The first-order chi connectivity index (χ1) is 9.99. The highest BCUT2D eigenvalue weighted by molar-refractivity contribution is 5.73. The van der Waals surface area contributed by atoms with Crippen LogP contribution in [-0.4, -0.2) is 29.7 Å². The molecule has 0 spiro atoms. The fourth-order valence-electron chi connectivity index (χ4n) is 2.17. The molecular weight excluding hydrogens is 266 g/mol. The molecule has 0 radical (unpaired) electrons. The first kappa shape index (κ1) is 17.5. The Hall–Kier alpha value is -1.52. The van der Waals surface area contributed by atoms with Crippen molar-refractivity contribution in [2.24, 2.45) is 5.92 Å². The smallest absolute Gasteiger partial charge is 0.317 e. The van der Waals surface area contributed by atoms with Crippen LogP contribution >= 0.6 is 0 Å². The van der Waals surface area contributed by atoms with Gasteiger partial charge in [0.05, 0.1) is 6.54 Å². The molecule has 1 heterocycles. The van der Waals surface area contributed by atoms with E-state index in [1.54, 1.807) is 11.9 Å². The molecule has 1 aromatic heterocycles. The van der Waals surface area contributed by atoms with Crippen LogP contribution in [0.3, 0.4) is 0 Å². The molecule has 1 N–H and O–H groups in total. The molecule has 0 bridgehead atoms. The van der Waals surface area contributed by atoms with E-state index in [-0.39, 0.29) is 6.03 Å². The minimum Gasteiger partial charge on any atom is -0.361 e. The molecule has 120 valence electrons. The van der Waals surface area contributed by atoms with Gasteiger partial charge >= 0.3 is 6.03 Å². The molecule has 0 unspecified atom stereocenters. The molecular formula is C16H29N3O2. The number of hydrogen-bond acceptors (Lipinski definition) is 3. The second-order valence-corrected chi connectivity index (χ2v) is 6.11. The van der Waals surface area contributed by atoms with Crippen LogP contribution in [0, 0.1) is 12.8 Å². The maximum atomic E-state index is 11.9. The van der Waals surface area contributed by atoms with Gasteiger partial charge in [-0.3, -0.25) is 0 Å². The SMILES string of the molecule is Cc1cc(CN(C)C(=O)NCCCCCCC(C)C)no1. The third-order valence-corrected chi connectivity index (χ3v) is 3.41. The lowest BCUT2D eigenvalue weighted by atomic mass is 10.0. The summed E-state index contributed by atoms with van der Waals surface area (Å²) in [6.07, 6.45) is 6.06. The van der Waals surface area contributed by atoms with E-state index in [2.05, 4.69) is 24.3 Å². The van der Waals surface area contributed by atoms with E-state index in [1.807, 2.05) is 13.0 Å². The van der Waals surface area contributed by atoms with E-state index >= 15 is 0 Å². The van der Waals surface area contributed by atoms with Gasteiger partial charge in [-0.1, -0.05) is 44.7 Å². The lowest BCUT2D eigenvalue weighted by Gasteiger charge is -2.16. The highest BCUT2D eigenvalue weighted by Gasteiger charge is 2.10. The number of amides is 2. The van der Waals surface area contributed by atoms with Crippen LogP contribution in [-0.2, 0) is 6.54 Å². The van der Waals surface area contributed by atoms with Crippen molar-refractivity contribution in [1.29, 1.82) is 0 Å². The summed E-state index contributed by atoms with van der Waals surface area (Å²) >= 11 is 0. The fraction of sp³-hybridized carbons (Fsp3) is 0.750. The van der Waals surface area contributed by atoms with Crippen LogP contribution in [0.4, 0.5) is 4.79 Å². The zero-order chi connectivity index (χ0) is 15.7. The van der Waals surface area contributed by atoms with Gasteiger partial charge in [-0.05, 0) is 19.3 Å². The Kier molecular flexibility index (Phi) is 7.87. The normalized spacial score (nSPS) is 10.9. The van der Waals surface area contributed by atoms with Gasteiger partial charge in [0.25, 0.3) is 0 Å². The Morgan fingerprint density at radius 1 is 1.33 bits per heavy atom. The van der Waals surface area contributed by atoms with Gasteiger partial charge in [-0.15, -0.1) is 0 Å². The summed E-state index contributed by atoms with van der Waals surface area (Å²) in [4.78, 5) is 13.5. The van der Waals surface area contributed by atoms with Crippen molar-refractivity contribution in [3.8, 4) is 0 Å². The van der Waals surface area contributed by atoms with Crippen molar-refractivity contribution < 1.29 is 9.32 Å². The summed E-state index contributed by atoms with van der Waals surface area (Å²) in [5.41, 5.74) is 0.777. The Balaban J connectivity index is 2.07. The number of rotatable bonds is 9. The second kappa shape index (κ2) is 9.42. The lowest BCUT2D eigenvalue weighted by Crippen LogP contribution is -2.37. The molecule has 0 aliphatic carbocycles. The molecule has 21 heavy (non-hydrogen) atoms. The zero-order valence-corrected chi connectivity index (χ0v) is 13.8. The van der Waals surface area contributed by atoms with Gasteiger partial charge in [0.2, 0.25) is 0 Å². The molecule has 0 aliphatic rings. The van der Waals surface area contributed by atoms with Gasteiger partial charge in [-0.25, -0.2) is 4.79 Å². The average molecular weight is 295 g/mol. The first-order valence-electron chi connectivity index (χ1n) is 7.90. The number of hydrogen-bond donors (Lipinski definition) is 1. The standard InChI is InChI=1S/C16H29N3O2/c1-13(2)9-7-5-6-8-10-17-16(20)19(4)12-15-11-14(3)21-18-15/h11,13H,5-10,12H2,1-4H3,(H,17,20). The van der Waals surface area contributed by atoms with Gasteiger partial charge in [0.1, 0.15) is 11.5 Å². The number of carbonyl (C=O) groups excluding carboxylic acids is 1. The van der Waals surface area contributed by atoms with Crippen molar-refractivity contribution in [2.45, 2.75) is 59.4 Å². The fourth-order valence-corrected chi connectivity index (χ4v) is 2.17. The van der Waals surface area contributed by atoms with E-state index in [0.717, 1.165) is 30.3 Å². The van der Waals surface area contributed by atoms with Crippen molar-refractivity contribution in [3.63, 3.8) is 0 Å². The topological polar surface area (TPSA) is 58.4 Å². The van der Waals surface area contributed by atoms with E-state index in [9.17, 15) is 4.79 Å². The monoisotopic (exact) mass is 295 g/mol. The molecule has 0 aliphatic heterocycles. The number of urea groups is 1. The first-order valence-corrected chi connectivity index (χ1v) is 7.90. The van der Waals surface area contributed by atoms with Crippen molar-refractivity contribution in [1.82, 2.24) is 15.4 Å². The Morgan fingerprint density at radius 2 is 2.05 bits per heavy atom. The van der Waals surface area contributed by atoms with E-state index in [0.29, 0.717) is 6.54 Å². The van der Waals surface area contributed by atoms with E-state index in [4.69, 9.17) is 4.52 Å². The summed E-state index contributed by atoms with van der Waals surface area (Å²) in [5.74, 6) is 1.55. The van der Waals surface area contributed by atoms with Gasteiger partial charge in [-0.2, -0.15) is 0 Å². The van der Waals surface area contributed by atoms with Crippen LogP contribution < -0.4 is 5.32 Å². The average Bonchev–Trinajstić information content (AvgIpc) is 2.82. The van der Waals surface area contributed by atoms with Crippen LogP contribution in [0.25, 0.3) is 0 Å². The van der Waals surface area contributed by atoms with Gasteiger partial charge in [0, 0.05) is 19.7 Å². The molecule has 0 atom stereocenters. The molecule has 0 saturated carbocycles. The number of aromatic nitrogens is 1. The number of nitrogens with one attached hydrogen (secondary N) is 1. The molecule has 5 nitrogen and oxygen atoms in total. The van der Waals surface area contributed by atoms with Gasteiger partial charge in [0.15, 0.2) is 0 Å². The molecule has 0 saturated heterocycles. The number of nitrogens with zero attached hydrogens (tertiary/aromatic N) is 2. The Morgan fingerprint density at radius 3 is 2.67 bits per heavy atom. The largest absolute Gasteiger partial charge is 0.361 e. The molecule has 0 fully saturated rings. The predicted molar refractivity (Wildman–Crippen MR) is 84.0 cm³/mol. The van der Waals surface area contributed by atoms with Crippen molar-refractivity contribution >= 4 is 6.03 Å². The van der Waals surface area contributed by atoms with E-state index in [1.165, 1.54) is 25.7 Å². The highest BCUT2D eigenvalue weighted by atomic mass is 16.5. The lowest BCUT2D eigenvalue weighted by molar-refractivity contribution is 0.205. The van der Waals surface area contributed by atoms with Crippen molar-refractivity contribution in [3.05, 3.63) is 17.5 Å². The summed E-state index contributed by atoms with van der Waals surface area (Å²) in [6, 6.07) is 1.79. The molecule has 5 heteroatoms. The number of unbranched alkanes of at least 4 members (excludes halogenated alkanes) is 3. The highest BCUT2D eigenvalue weighted by Crippen LogP contribution is 2.09. The van der Waals surface area contributed by atoms with Crippen molar-refractivity contribution in [2.75, 3.05) is 13.6 Å². The number of carbonyl (C=O) groups is 1.